The summed E-state index contributed by atoms with van der Waals surface area (Å²) in [6, 6.07) is 18.3. The molecule has 0 aromatic heterocycles. The zero-order valence-corrected chi connectivity index (χ0v) is 13.3. The Morgan fingerprint density at radius 2 is 1.29 bits per heavy atom. The van der Waals surface area contributed by atoms with E-state index in [9.17, 15) is 4.57 Å². The first kappa shape index (κ1) is 15.7. The average Bonchev–Trinajstić information content (AvgIpc) is 2.47. The zero-order valence-electron chi connectivity index (χ0n) is 12.4. The molecule has 0 saturated carbocycles. The predicted octanol–water partition coefficient (Wildman–Crippen LogP) is 5.38. The molecule has 21 heavy (non-hydrogen) atoms. The highest BCUT2D eigenvalue weighted by molar-refractivity contribution is 7.54. The molecular weight excluding hydrogens is 283 g/mol. The van der Waals surface area contributed by atoms with Gasteiger partial charge in [0.05, 0.1) is 6.16 Å². The van der Waals surface area contributed by atoms with Gasteiger partial charge in [-0.3, -0.25) is 0 Å². The van der Waals surface area contributed by atoms with Crippen LogP contribution in [0.5, 0.6) is 11.5 Å². The van der Waals surface area contributed by atoms with Gasteiger partial charge in [-0.15, -0.1) is 0 Å². The third-order valence-electron chi connectivity index (χ3n) is 2.96. The molecule has 0 bridgehead atoms. The summed E-state index contributed by atoms with van der Waals surface area (Å²) in [6.45, 7) is 4.19. The van der Waals surface area contributed by atoms with Crippen molar-refractivity contribution in [2.75, 3.05) is 6.16 Å². The minimum Gasteiger partial charge on any atom is -0.416 e. The lowest BCUT2D eigenvalue weighted by Crippen LogP contribution is -2.07. The third kappa shape index (κ3) is 5.28. The highest BCUT2D eigenvalue weighted by Crippen LogP contribution is 2.49. The highest BCUT2D eigenvalue weighted by atomic mass is 31.2. The highest BCUT2D eigenvalue weighted by Gasteiger charge is 2.28. The van der Waals surface area contributed by atoms with E-state index in [4.69, 9.17) is 9.05 Å². The molecule has 0 aliphatic rings. The topological polar surface area (TPSA) is 35.5 Å². The summed E-state index contributed by atoms with van der Waals surface area (Å²) < 4.78 is 24.4. The van der Waals surface area contributed by atoms with Crippen LogP contribution < -0.4 is 9.05 Å². The van der Waals surface area contributed by atoms with E-state index < -0.39 is 7.60 Å². The van der Waals surface area contributed by atoms with Crippen LogP contribution in [-0.4, -0.2) is 6.16 Å². The molecular formula is C17H21O3P. The first-order valence-corrected chi connectivity index (χ1v) is 8.88. The van der Waals surface area contributed by atoms with Crippen molar-refractivity contribution in [1.82, 2.24) is 0 Å². The second kappa shape index (κ2) is 7.33. The fraction of sp³-hybridized carbons (Fsp3) is 0.294. The Kier molecular flexibility index (Phi) is 5.46. The van der Waals surface area contributed by atoms with E-state index in [0.717, 1.165) is 6.42 Å². The molecule has 0 amide bonds. The maximum atomic E-state index is 13.0. The van der Waals surface area contributed by atoms with Gasteiger partial charge in [0.15, 0.2) is 0 Å². The summed E-state index contributed by atoms with van der Waals surface area (Å²) >= 11 is 0. The molecule has 112 valence electrons. The second-order valence-electron chi connectivity index (χ2n) is 5.33. The maximum Gasteiger partial charge on any atom is 0.430 e. The number of para-hydroxylation sites is 2. The van der Waals surface area contributed by atoms with Gasteiger partial charge in [-0.1, -0.05) is 50.2 Å². The van der Waals surface area contributed by atoms with Crippen LogP contribution in [0.15, 0.2) is 60.7 Å². The summed E-state index contributed by atoms with van der Waals surface area (Å²) in [5.41, 5.74) is 0. The molecule has 2 rings (SSSR count). The van der Waals surface area contributed by atoms with E-state index >= 15 is 0 Å². The molecule has 0 aliphatic carbocycles. The van der Waals surface area contributed by atoms with Crippen LogP contribution in [0.4, 0.5) is 0 Å². The Labute approximate surface area is 126 Å². The minimum absolute atomic E-state index is 0.397. The van der Waals surface area contributed by atoms with Crippen LogP contribution in [0, 0.1) is 5.92 Å². The Bertz CT molecular complexity index is 536. The van der Waals surface area contributed by atoms with Crippen molar-refractivity contribution in [3.8, 4) is 11.5 Å². The van der Waals surface area contributed by atoms with E-state index in [1.54, 1.807) is 24.3 Å². The van der Waals surface area contributed by atoms with E-state index in [2.05, 4.69) is 13.8 Å². The van der Waals surface area contributed by atoms with E-state index in [-0.39, 0.29) is 0 Å². The molecule has 2 aromatic rings. The van der Waals surface area contributed by atoms with Crippen LogP contribution in [0.3, 0.4) is 0 Å². The van der Waals surface area contributed by atoms with Gasteiger partial charge in [-0.05, 0) is 36.6 Å². The SMILES string of the molecule is CC(C)CCP(=O)(Oc1ccccc1)Oc1ccccc1. The summed E-state index contributed by atoms with van der Waals surface area (Å²) in [5, 5.41) is 0. The second-order valence-corrected chi connectivity index (χ2v) is 7.36. The van der Waals surface area contributed by atoms with Crippen molar-refractivity contribution < 1.29 is 13.6 Å². The first-order valence-electron chi connectivity index (χ1n) is 7.16. The third-order valence-corrected chi connectivity index (χ3v) is 4.74. The molecule has 2 aromatic carbocycles. The van der Waals surface area contributed by atoms with Crippen LogP contribution >= 0.6 is 7.60 Å². The first-order chi connectivity index (χ1) is 10.1. The van der Waals surface area contributed by atoms with E-state index in [1.165, 1.54) is 0 Å². The Balaban J connectivity index is 2.15. The molecule has 0 spiro atoms. The summed E-state index contributed by atoms with van der Waals surface area (Å²) in [5.74, 6) is 1.58. The predicted molar refractivity (Wildman–Crippen MR) is 86.1 cm³/mol. The van der Waals surface area contributed by atoms with Crippen molar-refractivity contribution in [3.05, 3.63) is 60.7 Å². The Hall–Kier alpha value is -1.73. The molecule has 3 nitrogen and oxygen atoms in total. The molecule has 4 heteroatoms. The van der Waals surface area contributed by atoms with Gasteiger partial charge in [-0.2, -0.15) is 0 Å². The van der Waals surface area contributed by atoms with Gasteiger partial charge >= 0.3 is 7.60 Å². The van der Waals surface area contributed by atoms with Crippen LogP contribution in [0.25, 0.3) is 0 Å². The summed E-state index contributed by atoms with van der Waals surface area (Å²) in [4.78, 5) is 0. The van der Waals surface area contributed by atoms with E-state index in [0.29, 0.717) is 23.6 Å². The van der Waals surface area contributed by atoms with Gasteiger partial charge < -0.3 is 9.05 Å². The van der Waals surface area contributed by atoms with Gasteiger partial charge in [0.25, 0.3) is 0 Å². The largest absolute Gasteiger partial charge is 0.430 e. The number of rotatable bonds is 7. The van der Waals surface area contributed by atoms with Crippen molar-refractivity contribution in [2.45, 2.75) is 20.3 Å². The fourth-order valence-corrected chi connectivity index (χ4v) is 3.75. The number of benzene rings is 2. The van der Waals surface area contributed by atoms with Crippen molar-refractivity contribution in [2.24, 2.45) is 5.92 Å². The molecule has 0 fully saturated rings. The normalized spacial score (nSPS) is 11.4. The molecule has 0 heterocycles. The molecule has 0 unspecified atom stereocenters. The van der Waals surface area contributed by atoms with Gasteiger partial charge in [0, 0.05) is 0 Å². The lowest BCUT2D eigenvalue weighted by molar-refractivity contribution is 0.380. The quantitative estimate of drug-likeness (QED) is 0.644. The maximum absolute atomic E-state index is 13.0. The molecule has 0 radical (unpaired) electrons. The smallest absolute Gasteiger partial charge is 0.416 e. The van der Waals surface area contributed by atoms with Crippen molar-refractivity contribution in [1.29, 1.82) is 0 Å². The molecule has 0 N–H and O–H groups in total. The molecule has 0 aliphatic heterocycles. The monoisotopic (exact) mass is 304 g/mol. The van der Waals surface area contributed by atoms with Crippen molar-refractivity contribution >= 4 is 7.60 Å². The fourth-order valence-electron chi connectivity index (χ4n) is 1.81. The minimum atomic E-state index is -3.22. The van der Waals surface area contributed by atoms with E-state index in [1.807, 2.05) is 36.4 Å². The van der Waals surface area contributed by atoms with Crippen LogP contribution in [0.2, 0.25) is 0 Å². The summed E-state index contributed by atoms with van der Waals surface area (Å²) in [7, 11) is -3.22. The zero-order chi connectivity index (χ0) is 15.1. The van der Waals surface area contributed by atoms with Gasteiger partial charge in [0.1, 0.15) is 11.5 Å². The lowest BCUT2D eigenvalue weighted by atomic mass is 10.2. The Morgan fingerprint density at radius 3 is 1.67 bits per heavy atom. The molecule has 0 atom stereocenters. The Morgan fingerprint density at radius 1 is 0.857 bits per heavy atom. The molecule has 0 saturated heterocycles. The van der Waals surface area contributed by atoms with Crippen molar-refractivity contribution in [3.63, 3.8) is 0 Å². The van der Waals surface area contributed by atoms with Crippen LogP contribution in [-0.2, 0) is 4.57 Å². The van der Waals surface area contributed by atoms with Gasteiger partial charge in [-0.25, -0.2) is 4.57 Å². The summed E-state index contributed by atoms with van der Waals surface area (Å²) in [6.07, 6.45) is 1.19. The standard InChI is InChI=1S/C17H21O3P/c1-15(2)13-14-21(18,19-16-9-5-3-6-10-16)20-17-11-7-4-8-12-17/h3-12,15H,13-14H2,1-2H3. The number of hydrogen-bond acceptors (Lipinski definition) is 3. The van der Waals surface area contributed by atoms with Crippen LogP contribution in [0.1, 0.15) is 20.3 Å². The lowest BCUT2D eigenvalue weighted by Gasteiger charge is -2.20. The number of hydrogen-bond donors (Lipinski definition) is 0. The van der Waals surface area contributed by atoms with Gasteiger partial charge in [0.2, 0.25) is 0 Å². The average molecular weight is 304 g/mol.